The molecule has 1 atom stereocenters. The molecule has 4 rings (SSSR count). The van der Waals surface area contributed by atoms with Crippen molar-refractivity contribution in [2.45, 2.75) is 19.2 Å². The van der Waals surface area contributed by atoms with Crippen molar-refractivity contribution in [2.24, 2.45) is 0 Å². The average Bonchev–Trinajstić information content (AvgIpc) is 3.16. The molecule has 23 heavy (non-hydrogen) atoms. The summed E-state index contributed by atoms with van der Waals surface area (Å²) >= 11 is 6.02. The molecule has 0 aromatic carbocycles. The lowest BCUT2D eigenvalue weighted by Gasteiger charge is -2.32. The molecule has 0 bridgehead atoms. The molecule has 0 aliphatic carbocycles. The van der Waals surface area contributed by atoms with Crippen LogP contribution in [-0.4, -0.2) is 49.9 Å². The molecule has 0 saturated carbocycles. The number of morpholine rings is 1. The third kappa shape index (κ3) is 3.39. The zero-order chi connectivity index (χ0) is 15.6. The molecule has 120 valence electrons. The van der Waals surface area contributed by atoms with Gasteiger partial charge in [-0.3, -0.25) is 9.58 Å². The summed E-state index contributed by atoms with van der Waals surface area (Å²) in [4.78, 5) is 7.03. The molecule has 0 amide bonds. The molecule has 1 fully saturated rings. The zero-order valence-corrected chi connectivity index (χ0v) is 13.4. The topological polar surface area (TPSA) is 47.6 Å². The van der Waals surface area contributed by atoms with Gasteiger partial charge in [0, 0.05) is 44.4 Å². The van der Waals surface area contributed by atoms with E-state index in [-0.39, 0.29) is 6.10 Å². The molecule has 0 spiro atoms. The van der Waals surface area contributed by atoms with Gasteiger partial charge in [-0.15, -0.1) is 0 Å². The highest BCUT2D eigenvalue weighted by Crippen LogP contribution is 2.15. The fourth-order valence-corrected chi connectivity index (χ4v) is 3.14. The Hall–Kier alpha value is -1.89. The van der Waals surface area contributed by atoms with Crippen LogP contribution in [0.4, 0.5) is 0 Å². The lowest BCUT2D eigenvalue weighted by molar-refractivity contribution is -0.0405. The molecule has 0 N–H and O–H groups in total. The minimum absolute atomic E-state index is 0.162. The summed E-state index contributed by atoms with van der Waals surface area (Å²) in [5, 5.41) is 4.96. The quantitative estimate of drug-likeness (QED) is 0.734. The van der Waals surface area contributed by atoms with Gasteiger partial charge in [-0.1, -0.05) is 11.6 Å². The van der Waals surface area contributed by atoms with Gasteiger partial charge in [-0.2, -0.15) is 5.10 Å². The van der Waals surface area contributed by atoms with Crippen LogP contribution in [0.15, 0.2) is 43.0 Å². The van der Waals surface area contributed by atoms with Crippen LogP contribution in [0.3, 0.4) is 0 Å². The monoisotopic (exact) mass is 331 g/mol. The number of pyridine rings is 1. The lowest BCUT2D eigenvalue weighted by atomic mass is 10.2. The van der Waals surface area contributed by atoms with E-state index in [4.69, 9.17) is 16.3 Å². The third-order valence-electron chi connectivity index (χ3n) is 4.02. The fraction of sp³-hybridized carbons (Fsp3) is 0.375. The molecular formula is C16H18ClN5O. The SMILES string of the molecule is Clc1ccc2nc(CN3CCOC(Cn4cccn4)C3)cn2c1. The van der Waals surface area contributed by atoms with E-state index in [1.165, 1.54) is 0 Å². The number of hydrogen-bond acceptors (Lipinski definition) is 4. The van der Waals surface area contributed by atoms with Crippen LogP contribution in [0.5, 0.6) is 0 Å². The smallest absolute Gasteiger partial charge is 0.137 e. The molecule has 7 heteroatoms. The molecule has 0 radical (unpaired) electrons. The number of hydrogen-bond donors (Lipinski definition) is 0. The van der Waals surface area contributed by atoms with Crippen LogP contribution in [0, 0.1) is 0 Å². The zero-order valence-electron chi connectivity index (χ0n) is 12.7. The van der Waals surface area contributed by atoms with Gasteiger partial charge in [0.1, 0.15) is 5.65 Å². The van der Waals surface area contributed by atoms with Crippen LogP contribution in [0.2, 0.25) is 5.02 Å². The highest BCUT2D eigenvalue weighted by Gasteiger charge is 2.21. The van der Waals surface area contributed by atoms with E-state index in [2.05, 4.69) is 15.0 Å². The maximum absolute atomic E-state index is 6.02. The van der Waals surface area contributed by atoms with Crippen LogP contribution in [0.25, 0.3) is 5.65 Å². The van der Waals surface area contributed by atoms with Crippen LogP contribution in [0.1, 0.15) is 5.69 Å². The molecule has 3 aromatic heterocycles. The summed E-state index contributed by atoms with van der Waals surface area (Å²) in [6, 6.07) is 5.73. The Bertz CT molecular complexity index is 785. The molecule has 4 heterocycles. The van der Waals surface area contributed by atoms with E-state index in [0.29, 0.717) is 5.02 Å². The van der Waals surface area contributed by atoms with Crippen molar-refractivity contribution in [2.75, 3.05) is 19.7 Å². The Morgan fingerprint density at radius 1 is 1.30 bits per heavy atom. The summed E-state index contributed by atoms with van der Waals surface area (Å²) in [6.07, 6.45) is 7.85. The van der Waals surface area contributed by atoms with Crippen LogP contribution in [-0.2, 0) is 17.8 Å². The first-order valence-electron chi connectivity index (χ1n) is 7.71. The van der Waals surface area contributed by atoms with E-state index in [9.17, 15) is 0 Å². The summed E-state index contributed by atoms with van der Waals surface area (Å²) in [5.41, 5.74) is 1.97. The lowest BCUT2D eigenvalue weighted by Crippen LogP contribution is -2.43. The number of nitrogens with zero attached hydrogens (tertiary/aromatic N) is 5. The van der Waals surface area contributed by atoms with Crippen molar-refractivity contribution in [3.8, 4) is 0 Å². The number of halogens is 1. The maximum atomic E-state index is 6.02. The maximum Gasteiger partial charge on any atom is 0.137 e. The third-order valence-corrected chi connectivity index (χ3v) is 4.25. The molecule has 6 nitrogen and oxygen atoms in total. The van der Waals surface area contributed by atoms with Gasteiger partial charge >= 0.3 is 0 Å². The van der Waals surface area contributed by atoms with Gasteiger partial charge in [0.05, 0.1) is 30.0 Å². The Morgan fingerprint density at radius 2 is 2.26 bits per heavy atom. The van der Waals surface area contributed by atoms with Crippen molar-refractivity contribution in [1.82, 2.24) is 24.1 Å². The summed E-state index contributed by atoms with van der Waals surface area (Å²) in [7, 11) is 0. The second kappa shape index (κ2) is 6.31. The van der Waals surface area contributed by atoms with Crippen LogP contribution < -0.4 is 0 Å². The highest BCUT2D eigenvalue weighted by molar-refractivity contribution is 6.30. The van der Waals surface area contributed by atoms with Gasteiger partial charge in [0.2, 0.25) is 0 Å². The second-order valence-electron chi connectivity index (χ2n) is 5.80. The molecule has 1 saturated heterocycles. The predicted molar refractivity (Wildman–Crippen MR) is 87.4 cm³/mol. The molecule has 1 aliphatic rings. The van der Waals surface area contributed by atoms with Gasteiger partial charge in [-0.25, -0.2) is 4.98 Å². The Labute approximate surface area is 139 Å². The first kappa shape index (κ1) is 14.7. The molecule has 1 aliphatic heterocycles. The summed E-state index contributed by atoms with van der Waals surface area (Å²) in [5.74, 6) is 0. The highest BCUT2D eigenvalue weighted by atomic mass is 35.5. The van der Waals surface area contributed by atoms with E-state index in [1.807, 2.05) is 45.9 Å². The van der Waals surface area contributed by atoms with Gasteiger partial charge in [-0.05, 0) is 18.2 Å². The predicted octanol–water partition coefficient (Wildman–Crippen LogP) is 2.09. The van der Waals surface area contributed by atoms with Crippen molar-refractivity contribution in [1.29, 1.82) is 0 Å². The van der Waals surface area contributed by atoms with Gasteiger partial charge in [0.15, 0.2) is 0 Å². The van der Waals surface area contributed by atoms with E-state index in [1.54, 1.807) is 6.20 Å². The average molecular weight is 332 g/mol. The summed E-state index contributed by atoms with van der Waals surface area (Å²) < 4.78 is 9.74. The largest absolute Gasteiger partial charge is 0.374 e. The van der Waals surface area contributed by atoms with E-state index < -0.39 is 0 Å². The molecule has 1 unspecified atom stereocenters. The summed E-state index contributed by atoms with van der Waals surface area (Å²) in [6.45, 7) is 4.15. The van der Waals surface area contributed by atoms with Crippen LogP contribution >= 0.6 is 11.6 Å². The standard InChI is InChI=1S/C16H18ClN5O/c17-13-2-3-16-19-14(10-21(16)8-13)9-20-6-7-23-15(11-20)12-22-5-1-4-18-22/h1-5,8,10,15H,6-7,9,11-12H2. The number of rotatable bonds is 4. The Kier molecular flexibility index (Phi) is 4.03. The number of fused-ring (bicyclic) bond motifs is 1. The van der Waals surface area contributed by atoms with E-state index in [0.717, 1.165) is 44.1 Å². The fourth-order valence-electron chi connectivity index (χ4n) is 2.97. The Balaban J connectivity index is 1.42. The van der Waals surface area contributed by atoms with Crippen molar-refractivity contribution in [3.05, 3.63) is 53.7 Å². The van der Waals surface area contributed by atoms with Crippen molar-refractivity contribution < 1.29 is 4.74 Å². The normalized spacial score (nSPS) is 19.4. The van der Waals surface area contributed by atoms with Gasteiger partial charge < -0.3 is 9.14 Å². The second-order valence-corrected chi connectivity index (χ2v) is 6.24. The first-order chi connectivity index (χ1) is 11.3. The minimum Gasteiger partial charge on any atom is -0.374 e. The van der Waals surface area contributed by atoms with Gasteiger partial charge in [0.25, 0.3) is 0 Å². The molecular weight excluding hydrogens is 314 g/mol. The van der Waals surface area contributed by atoms with Crippen molar-refractivity contribution >= 4 is 17.2 Å². The van der Waals surface area contributed by atoms with E-state index >= 15 is 0 Å². The number of ether oxygens (including phenoxy) is 1. The first-order valence-corrected chi connectivity index (χ1v) is 8.08. The van der Waals surface area contributed by atoms with Crippen molar-refractivity contribution in [3.63, 3.8) is 0 Å². The number of imidazole rings is 1. The molecule has 3 aromatic rings. The number of aromatic nitrogens is 4. The minimum atomic E-state index is 0.162. The Morgan fingerprint density at radius 3 is 3.13 bits per heavy atom.